The van der Waals surface area contributed by atoms with Crippen LogP contribution in [0.25, 0.3) is 0 Å². The smallest absolute Gasteiger partial charge is 0.0509 e. The molecule has 0 radical (unpaired) electrons. The van der Waals surface area contributed by atoms with Gasteiger partial charge in [0.05, 0.1) is 13.2 Å². The van der Waals surface area contributed by atoms with Crippen molar-refractivity contribution >= 4 is 0 Å². The lowest BCUT2D eigenvalue weighted by molar-refractivity contribution is 0.0353. The highest BCUT2D eigenvalue weighted by molar-refractivity contribution is 4.78. The Morgan fingerprint density at radius 1 is 0.524 bits per heavy atom. The van der Waals surface area contributed by atoms with Gasteiger partial charge in [-0.05, 0) is 12.8 Å². The number of unbranched alkanes of at least 4 members (excludes halogenated alkanes) is 10. The fourth-order valence-corrected chi connectivity index (χ4v) is 3.05. The van der Waals surface area contributed by atoms with Crippen LogP contribution in [0, 0.1) is 5.41 Å². The van der Waals surface area contributed by atoms with Gasteiger partial charge in [0.1, 0.15) is 0 Å². The average molecular weight is 301 g/mol. The van der Waals surface area contributed by atoms with Gasteiger partial charge in [0, 0.05) is 5.41 Å². The van der Waals surface area contributed by atoms with Crippen molar-refractivity contribution in [2.24, 2.45) is 5.41 Å². The Morgan fingerprint density at radius 3 is 1.19 bits per heavy atom. The van der Waals surface area contributed by atoms with E-state index in [2.05, 4.69) is 13.8 Å². The summed E-state index contributed by atoms with van der Waals surface area (Å²) in [5, 5.41) is 19.4. The van der Waals surface area contributed by atoms with E-state index in [4.69, 9.17) is 0 Å². The highest BCUT2D eigenvalue weighted by atomic mass is 16.3. The first-order valence-electron chi connectivity index (χ1n) is 9.46. The molecule has 0 heterocycles. The molecule has 0 aromatic rings. The van der Waals surface area contributed by atoms with Crippen molar-refractivity contribution in [3.8, 4) is 0 Å². The lowest BCUT2D eigenvalue weighted by atomic mass is 9.79. The molecule has 0 aliphatic rings. The second-order valence-corrected chi connectivity index (χ2v) is 6.85. The second-order valence-electron chi connectivity index (χ2n) is 6.85. The topological polar surface area (TPSA) is 40.5 Å². The molecule has 0 saturated heterocycles. The van der Waals surface area contributed by atoms with Crippen LogP contribution in [0.4, 0.5) is 0 Å². The van der Waals surface area contributed by atoms with E-state index in [9.17, 15) is 10.2 Å². The van der Waals surface area contributed by atoms with E-state index >= 15 is 0 Å². The summed E-state index contributed by atoms with van der Waals surface area (Å²) in [4.78, 5) is 0. The van der Waals surface area contributed by atoms with Crippen molar-refractivity contribution in [2.45, 2.75) is 104 Å². The summed E-state index contributed by atoms with van der Waals surface area (Å²) in [5.41, 5.74) is -0.213. The molecule has 0 fully saturated rings. The van der Waals surface area contributed by atoms with Gasteiger partial charge in [0.15, 0.2) is 0 Å². The predicted octanol–water partition coefficient (Wildman–Crippen LogP) is 5.46. The van der Waals surface area contributed by atoms with Crippen LogP contribution in [0.3, 0.4) is 0 Å². The molecule has 0 unspecified atom stereocenters. The summed E-state index contributed by atoms with van der Waals surface area (Å²) in [6.45, 7) is 4.77. The first-order chi connectivity index (χ1) is 10.2. The summed E-state index contributed by atoms with van der Waals surface area (Å²) >= 11 is 0. The third-order valence-electron chi connectivity index (χ3n) is 4.79. The van der Waals surface area contributed by atoms with Crippen molar-refractivity contribution in [3.05, 3.63) is 0 Å². The van der Waals surface area contributed by atoms with Crippen LogP contribution >= 0.6 is 0 Å². The quantitative estimate of drug-likeness (QED) is 0.372. The van der Waals surface area contributed by atoms with Crippen LogP contribution < -0.4 is 0 Å². The highest BCUT2D eigenvalue weighted by Crippen LogP contribution is 2.31. The highest BCUT2D eigenvalue weighted by Gasteiger charge is 2.27. The normalized spacial score (nSPS) is 12.0. The average Bonchev–Trinajstić information content (AvgIpc) is 2.52. The van der Waals surface area contributed by atoms with Gasteiger partial charge in [0.25, 0.3) is 0 Å². The van der Waals surface area contributed by atoms with Gasteiger partial charge in [-0.15, -0.1) is 0 Å². The molecule has 0 aromatic heterocycles. The van der Waals surface area contributed by atoms with Crippen molar-refractivity contribution in [2.75, 3.05) is 13.2 Å². The third kappa shape index (κ3) is 11.2. The maximum atomic E-state index is 9.70. The van der Waals surface area contributed by atoms with Crippen LogP contribution in [0.1, 0.15) is 104 Å². The molecule has 0 bridgehead atoms. The van der Waals surface area contributed by atoms with Crippen LogP contribution in [0.5, 0.6) is 0 Å². The maximum absolute atomic E-state index is 9.70. The Kier molecular flexibility index (Phi) is 14.8. The minimum absolute atomic E-state index is 0.146. The second kappa shape index (κ2) is 14.8. The third-order valence-corrected chi connectivity index (χ3v) is 4.79. The lowest BCUT2D eigenvalue weighted by Crippen LogP contribution is -2.29. The first-order valence-corrected chi connectivity index (χ1v) is 9.46. The summed E-state index contributed by atoms with van der Waals surface area (Å²) in [6.07, 6.45) is 17.3. The molecule has 0 aromatic carbocycles. The predicted molar refractivity (Wildman–Crippen MR) is 92.6 cm³/mol. The minimum Gasteiger partial charge on any atom is -0.396 e. The maximum Gasteiger partial charge on any atom is 0.0509 e. The monoisotopic (exact) mass is 300 g/mol. The molecule has 2 N–H and O–H groups in total. The van der Waals surface area contributed by atoms with E-state index in [0.717, 1.165) is 25.7 Å². The molecule has 21 heavy (non-hydrogen) atoms. The van der Waals surface area contributed by atoms with Gasteiger partial charge in [-0.3, -0.25) is 0 Å². The summed E-state index contributed by atoms with van der Waals surface area (Å²) < 4.78 is 0. The van der Waals surface area contributed by atoms with E-state index in [1.807, 2.05) is 0 Å². The molecule has 0 aliphatic carbocycles. The number of hydrogen-bond acceptors (Lipinski definition) is 2. The fraction of sp³-hybridized carbons (Fsp3) is 1.00. The standard InChI is InChI=1S/C19H40O2/c1-3-5-7-9-11-13-15-19(17-20,18-21)16-14-12-10-8-6-4-2/h20-21H,3-18H2,1-2H3. The van der Waals surface area contributed by atoms with Gasteiger partial charge in [-0.1, -0.05) is 90.9 Å². The largest absolute Gasteiger partial charge is 0.396 e. The Morgan fingerprint density at radius 2 is 0.857 bits per heavy atom. The Hall–Kier alpha value is -0.0800. The lowest BCUT2D eigenvalue weighted by Gasteiger charge is -2.30. The number of aliphatic hydroxyl groups excluding tert-OH is 2. The molecule has 0 amide bonds. The molecule has 0 spiro atoms. The minimum atomic E-state index is -0.213. The summed E-state index contributed by atoms with van der Waals surface area (Å²) in [5.74, 6) is 0. The molecule has 0 aliphatic heterocycles. The molecular formula is C19H40O2. The first kappa shape index (κ1) is 20.9. The molecule has 128 valence electrons. The molecule has 2 nitrogen and oxygen atoms in total. The summed E-state index contributed by atoms with van der Waals surface area (Å²) in [7, 11) is 0. The molecule has 0 rings (SSSR count). The van der Waals surface area contributed by atoms with Crippen LogP contribution in [0.2, 0.25) is 0 Å². The fourth-order valence-electron chi connectivity index (χ4n) is 3.05. The van der Waals surface area contributed by atoms with E-state index in [1.165, 1.54) is 64.2 Å². The number of hydrogen-bond donors (Lipinski definition) is 2. The van der Waals surface area contributed by atoms with Crippen LogP contribution in [0.15, 0.2) is 0 Å². The van der Waals surface area contributed by atoms with Gasteiger partial charge < -0.3 is 10.2 Å². The Labute approximate surface area is 133 Å². The van der Waals surface area contributed by atoms with Crippen molar-refractivity contribution in [1.82, 2.24) is 0 Å². The van der Waals surface area contributed by atoms with Gasteiger partial charge in [-0.2, -0.15) is 0 Å². The van der Waals surface area contributed by atoms with Crippen LogP contribution in [-0.4, -0.2) is 23.4 Å². The van der Waals surface area contributed by atoms with Crippen LogP contribution in [-0.2, 0) is 0 Å². The van der Waals surface area contributed by atoms with Crippen molar-refractivity contribution in [1.29, 1.82) is 0 Å². The molecular weight excluding hydrogens is 260 g/mol. The van der Waals surface area contributed by atoms with E-state index in [-0.39, 0.29) is 18.6 Å². The van der Waals surface area contributed by atoms with E-state index < -0.39 is 0 Å². The number of rotatable bonds is 16. The number of aliphatic hydroxyl groups is 2. The summed E-state index contributed by atoms with van der Waals surface area (Å²) in [6, 6.07) is 0. The Balaban J connectivity index is 3.78. The Bertz CT molecular complexity index is 182. The zero-order chi connectivity index (χ0) is 15.8. The van der Waals surface area contributed by atoms with E-state index in [1.54, 1.807) is 0 Å². The van der Waals surface area contributed by atoms with Gasteiger partial charge in [-0.25, -0.2) is 0 Å². The molecule has 0 saturated carbocycles. The van der Waals surface area contributed by atoms with E-state index in [0.29, 0.717) is 0 Å². The van der Waals surface area contributed by atoms with Crippen molar-refractivity contribution in [3.63, 3.8) is 0 Å². The molecule has 0 atom stereocenters. The van der Waals surface area contributed by atoms with Crippen molar-refractivity contribution < 1.29 is 10.2 Å². The van der Waals surface area contributed by atoms with Gasteiger partial charge in [0.2, 0.25) is 0 Å². The molecule has 2 heteroatoms. The SMILES string of the molecule is CCCCCCCCC(CO)(CO)CCCCCCCC. The zero-order valence-electron chi connectivity index (χ0n) is 14.7. The van der Waals surface area contributed by atoms with Gasteiger partial charge >= 0.3 is 0 Å². The zero-order valence-corrected chi connectivity index (χ0v) is 14.7.